The van der Waals surface area contributed by atoms with Gasteiger partial charge in [0.25, 0.3) is 5.91 Å². The highest BCUT2D eigenvalue weighted by Gasteiger charge is 2.24. The number of hydrogen-bond acceptors (Lipinski definition) is 6. The molecule has 2 aromatic heterocycles. The molecule has 0 bridgehead atoms. The number of benzene rings is 1. The molecule has 6 nitrogen and oxygen atoms in total. The van der Waals surface area contributed by atoms with Crippen LogP contribution in [0, 0.1) is 5.82 Å². The number of halogens is 1. The van der Waals surface area contributed by atoms with Crippen molar-refractivity contribution in [3.8, 4) is 0 Å². The van der Waals surface area contributed by atoms with E-state index in [1.807, 2.05) is 18.2 Å². The number of carbonyl (C=O) groups excluding carboxylic acids is 1. The normalized spacial score (nSPS) is 14.3. The van der Waals surface area contributed by atoms with Gasteiger partial charge in [0.2, 0.25) is 0 Å². The van der Waals surface area contributed by atoms with E-state index in [0.717, 1.165) is 5.69 Å². The summed E-state index contributed by atoms with van der Waals surface area (Å²) in [6, 6.07) is 12.0. The summed E-state index contributed by atoms with van der Waals surface area (Å²) >= 11 is 1.38. The van der Waals surface area contributed by atoms with Crippen molar-refractivity contribution in [3.05, 3.63) is 65.6 Å². The first-order valence-corrected chi connectivity index (χ1v) is 9.50. The second kappa shape index (κ2) is 7.71. The maximum atomic E-state index is 13.1. The molecule has 8 heteroatoms. The Kier molecular flexibility index (Phi) is 4.97. The predicted octanol–water partition coefficient (Wildman–Crippen LogP) is 3.38. The Labute approximate surface area is 160 Å². The largest absolute Gasteiger partial charge is 0.368 e. The fourth-order valence-electron chi connectivity index (χ4n) is 2.96. The Morgan fingerprint density at radius 3 is 2.56 bits per heavy atom. The molecule has 0 spiro atoms. The van der Waals surface area contributed by atoms with Gasteiger partial charge in [0.15, 0.2) is 5.13 Å². The lowest BCUT2D eigenvalue weighted by Gasteiger charge is -2.35. The molecule has 27 heavy (non-hydrogen) atoms. The summed E-state index contributed by atoms with van der Waals surface area (Å²) < 4.78 is 13.1. The van der Waals surface area contributed by atoms with Crippen molar-refractivity contribution >= 4 is 33.9 Å². The van der Waals surface area contributed by atoms with Crippen LogP contribution in [0.4, 0.5) is 21.0 Å². The van der Waals surface area contributed by atoms with Crippen molar-refractivity contribution in [1.82, 2.24) is 14.9 Å². The number of nitrogens with zero attached hydrogens (tertiary/aromatic N) is 4. The number of thiazole rings is 1. The third-order valence-electron chi connectivity index (χ3n) is 4.38. The van der Waals surface area contributed by atoms with E-state index in [2.05, 4.69) is 20.2 Å². The Morgan fingerprint density at radius 2 is 1.85 bits per heavy atom. The van der Waals surface area contributed by atoms with E-state index >= 15 is 0 Å². The number of carbonyl (C=O) groups is 1. The minimum absolute atomic E-state index is 0.0703. The number of hydrogen-bond donors (Lipinski definition) is 1. The van der Waals surface area contributed by atoms with Crippen LogP contribution in [0.25, 0.3) is 0 Å². The van der Waals surface area contributed by atoms with Gasteiger partial charge in [-0.2, -0.15) is 0 Å². The zero-order valence-electron chi connectivity index (χ0n) is 14.5. The fourth-order valence-corrected chi connectivity index (χ4v) is 3.65. The molecule has 0 unspecified atom stereocenters. The number of aromatic nitrogens is 2. The Hall–Kier alpha value is -3.00. The van der Waals surface area contributed by atoms with Crippen LogP contribution in [0.1, 0.15) is 10.5 Å². The van der Waals surface area contributed by atoms with Gasteiger partial charge in [-0.1, -0.05) is 6.07 Å². The Morgan fingerprint density at radius 1 is 1.07 bits per heavy atom. The smallest absolute Gasteiger partial charge is 0.273 e. The number of amides is 1. The van der Waals surface area contributed by atoms with Crippen LogP contribution in [-0.2, 0) is 0 Å². The first-order chi connectivity index (χ1) is 13.2. The molecule has 1 saturated heterocycles. The average molecular weight is 383 g/mol. The van der Waals surface area contributed by atoms with Crippen LogP contribution in [-0.4, -0.2) is 47.0 Å². The summed E-state index contributed by atoms with van der Waals surface area (Å²) in [7, 11) is 0. The van der Waals surface area contributed by atoms with Crippen molar-refractivity contribution in [1.29, 1.82) is 0 Å². The zero-order valence-corrected chi connectivity index (χ0v) is 15.3. The molecule has 0 aliphatic carbocycles. The molecule has 4 rings (SSSR count). The molecule has 0 saturated carbocycles. The van der Waals surface area contributed by atoms with E-state index in [1.54, 1.807) is 28.6 Å². The molecule has 1 fully saturated rings. The molecule has 3 aromatic rings. The molecule has 0 radical (unpaired) electrons. The van der Waals surface area contributed by atoms with E-state index in [0.29, 0.717) is 42.8 Å². The molecule has 1 N–H and O–H groups in total. The van der Waals surface area contributed by atoms with Gasteiger partial charge in [-0.05, 0) is 36.4 Å². The zero-order chi connectivity index (χ0) is 18.6. The first-order valence-electron chi connectivity index (χ1n) is 8.62. The van der Waals surface area contributed by atoms with Gasteiger partial charge in [0.05, 0.1) is 0 Å². The van der Waals surface area contributed by atoms with Gasteiger partial charge in [-0.3, -0.25) is 4.79 Å². The topological polar surface area (TPSA) is 61.4 Å². The van der Waals surface area contributed by atoms with Gasteiger partial charge in [-0.25, -0.2) is 14.4 Å². The van der Waals surface area contributed by atoms with Crippen molar-refractivity contribution in [2.24, 2.45) is 0 Å². The van der Waals surface area contributed by atoms with Crippen molar-refractivity contribution in [2.75, 3.05) is 36.4 Å². The van der Waals surface area contributed by atoms with E-state index in [1.165, 1.54) is 23.5 Å². The van der Waals surface area contributed by atoms with Gasteiger partial charge in [0.1, 0.15) is 17.3 Å². The standard InChI is InChI=1S/C19H18FN5OS/c20-14-4-6-15(7-5-14)24-9-11-25(12-10-24)18(26)16-13-27-19(22-16)23-17-3-1-2-8-21-17/h1-8,13H,9-12H2,(H,21,22,23). The highest BCUT2D eigenvalue weighted by atomic mass is 32.1. The second-order valence-corrected chi connectivity index (χ2v) is 6.99. The van der Waals surface area contributed by atoms with Crippen molar-refractivity contribution in [3.63, 3.8) is 0 Å². The summed E-state index contributed by atoms with van der Waals surface area (Å²) in [5.41, 5.74) is 1.41. The van der Waals surface area contributed by atoms with Crippen LogP contribution in [0.15, 0.2) is 54.0 Å². The molecular weight excluding hydrogens is 365 g/mol. The SMILES string of the molecule is O=C(c1csc(Nc2ccccn2)n1)N1CCN(c2ccc(F)cc2)CC1. The Balaban J connectivity index is 1.36. The third kappa shape index (κ3) is 4.06. The van der Waals surface area contributed by atoms with Crippen molar-refractivity contribution < 1.29 is 9.18 Å². The monoisotopic (exact) mass is 383 g/mol. The minimum Gasteiger partial charge on any atom is -0.368 e. The van der Waals surface area contributed by atoms with Crippen LogP contribution in [0.3, 0.4) is 0 Å². The summed E-state index contributed by atoms with van der Waals surface area (Å²) in [5.74, 6) is 0.379. The lowest BCUT2D eigenvalue weighted by molar-refractivity contribution is 0.0742. The highest BCUT2D eigenvalue weighted by Crippen LogP contribution is 2.22. The molecule has 138 valence electrons. The molecule has 3 heterocycles. The van der Waals surface area contributed by atoms with E-state index < -0.39 is 0 Å². The van der Waals surface area contributed by atoms with Crippen molar-refractivity contribution in [2.45, 2.75) is 0 Å². The van der Waals surface area contributed by atoms with Crippen LogP contribution in [0.5, 0.6) is 0 Å². The minimum atomic E-state index is -0.244. The quantitative estimate of drug-likeness (QED) is 0.748. The molecular formula is C19H18FN5OS. The van der Waals surface area contributed by atoms with E-state index in [9.17, 15) is 9.18 Å². The summed E-state index contributed by atoms with van der Waals surface area (Å²) in [6.07, 6.45) is 1.70. The van der Waals surface area contributed by atoms with Crippen LogP contribution in [0.2, 0.25) is 0 Å². The lowest BCUT2D eigenvalue weighted by Crippen LogP contribution is -2.48. The number of nitrogens with one attached hydrogen (secondary N) is 1. The average Bonchev–Trinajstić information content (AvgIpc) is 3.17. The van der Waals surface area contributed by atoms with E-state index in [4.69, 9.17) is 0 Å². The number of anilines is 3. The van der Waals surface area contributed by atoms with Gasteiger partial charge in [0, 0.05) is 43.4 Å². The maximum Gasteiger partial charge on any atom is 0.273 e. The van der Waals surface area contributed by atoms with Crippen LogP contribution >= 0.6 is 11.3 Å². The maximum absolute atomic E-state index is 13.1. The van der Waals surface area contributed by atoms with Crippen LogP contribution < -0.4 is 10.2 Å². The molecule has 0 atom stereocenters. The van der Waals surface area contributed by atoms with Gasteiger partial charge < -0.3 is 15.1 Å². The Bertz CT molecular complexity index is 907. The highest BCUT2D eigenvalue weighted by molar-refractivity contribution is 7.14. The molecule has 1 amide bonds. The summed E-state index contributed by atoms with van der Waals surface area (Å²) in [4.78, 5) is 25.2. The van der Waals surface area contributed by atoms with Gasteiger partial charge in [-0.15, -0.1) is 11.3 Å². The predicted molar refractivity (Wildman–Crippen MR) is 104 cm³/mol. The lowest BCUT2D eigenvalue weighted by atomic mass is 10.2. The number of piperazine rings is 1. The third-order valence-corrected chi connectivity index (χ3v) is 5.14. The fraction of sp³-hybridized carbons (Fsp3) is 0.211. The number of pyridine rings is 1. The molecule has 1 aliphatic heterocycles. The number of rotatable bonds is 4. The summed E-state index contributed by atoms with van der Waals surface area (Å²) in [6.45, 7) is 2.63. The summed E-state index contributed by atoms with van der Waals surface area (Å²) in [5, 5.41) is 5.51. The molecule has 1 aliphatic rings. The molecule has 1 aromatic carbocycles. The van der Waals surface area contributed by atoms with Gasteiger partial charge >= 0.3 is 0 Å². The van der Waals surface area contributed by atoms with E-state index in [-0.39, 0.29) is 11.7 Å². The second-order valence-electron chi connectivity index (χ2n) is 6.13. The first kappa shape index (κ1) is 17.4.